The van der Waals surface area contributed by atoms with Crippen LogP contribution in [0, 0.1) is 0 Å². The van der Waals surface area contributed by atoms with Crippen LogP contribution in [0.1, 0.15) is 31.4 Å². The smallest absolute Gasteiger partial charge is 0.119 e. The van der Waals surface area contributed by atoms with Crippen LogP contribution in [-0.4, -0.2) is 31.6 Å². The molecule has 0 aliphatic rings. The number of nitrogens with zero attached hydrogens (tertiary/aromatic N) is 1. The fraction of sp³-hybridized carbons (Fsp3) is 0.400. The molecule has 118 valence electrons. The second kappa shape index (κ2) is 8.11. The van der Waals surface area contributed by atoms with E-state index in [2.05, 4.69) is 79.4 Å². The van der Waals surface area contributed by atoms with E-state index >= 15 is 0 Å². The zero-order chi connectivity index (χ0) is 15.8. The average molecular weight is 297 g/mol. The van der Waals surface area contributed by atoms with E-state index in [0.717, 1.165) is 26.1 Å². The highest BCUT2D eigenvalue weighted by Crippen LogP contribution is 2.36. The van der Waals surface area contributed by atoms with Crippen molar-refractivity contribution in [2.45, 2.75) is 25.9 Å². The van der Waals surface area contributed by atoms with Crippen LogP contribution in [0.5, 0.6) is 0 Å². The van der Waals surface area contributed by atoms with Crippen molar-refractivity contribution < 1.29 is 4.74 Å². The summed E-state index contributed by atoms with van der Waals surface area (Å²) in [5, 5.41) is 0. The molecule has 0 saturated heterocycles. The minimum Gasteiger partial charge on any atom is -0.369 e. The molecule has 2 heteroatoms. The van der Waals surface area contributed by atoms with Gasteiger partial charge in [-0.25, -0.2) is 0 Å². The number of benzene rings is 2. The quantitative estimate of drug-likeness (QED) is 0.720. The van der Waals surface area contributed by atoms with Gasteiger partial charge in [0.1, 0.15) is 5.60 Å². The molecule has 22 heavy (non-hydrogen) atoms. The Morgan fingerprint density at radius 2 is 1.27 bits per heavy atom. The lowest BCUT2D eigenvalue weighted by atomic mass is 9.83. The van der Waals surface area contributed by atoms with Crippen molar-refractivity contribution in [1.29, 1.82) is 0 Å². The summed E-state index contributed by atoms with van der Waals surface area (Å²) in [5.41, 5.74) is 2.05. The van der Waals surface area contributed by atoms with E-state index in [-0.39, 0.29) is 5.60 Å². The Bertz CT molecular complexity index is 495. The van der Waals surface area contributed by atoms with Crippen molar-refractivity contribution in [3.05, 3.63) is 71.8 Å². The third kappa shape index (κ3) is 3.57. The maximum Gasteiger partial charge on any atom is 0.119 e. The molecular formula is C20H27NO. The second-order valence-electron chi connectivity index (χ2n) is 5.54. The van der Waals surface area contributed by atoms with Gasteiger partial charge in [0, 0.05) is 13.7 Å². The summed E-state index contributed by atoms with van der Waals surface area (Å²) in [6, 6.07) is 21.1. The summed E-state index contributed by atoms with van der Waals surface area (Å²) in [6.45, 7) is 7.58. The summed E-state index contributed by atoms with van der Waals surface area (Å²) in [5.74, 6) is 0. The van der Waals surface area contributed by atoms with Crippen LogP contribution in [0.4, 0.5) is 0 Å². The molecule has 0 atom stereocenters. The van der Waals surface area contributed by atoms with E-state index in [9.17, 15) is 0 Å². The Hall–Kier alpha value is -1.64. The molecule has 0 fully saturated rings. The van der Waals surface area contributed by atoms with Crippen molar-refractivity contribution >= 4 is 0 Å². The normalized spacial score (nSPS) is 11.8. The van der Waals surface area contributed by atoms with Gasteiger partial charge in [-0.15, -0.1) is 0 Å². The molecular weight excluding hydrogens is 270 g/mol. The molecule has 0 N–H and O–H groups in total. The first kappa shape index (κ1) is 16.7. The number of methoxy groups -OCH3 is 1. The third-order valence-electron chi connectivity index (χ3n) is 4.50. The molecule has 2 aromatic rings. The Morgan fingerprint density at radius 3 is 1.64 bits per heavy atom. The SMILES string of the molecule is CCN(CC)CCC(OC)(c1ccccc1)c1ccccc1. The topological polar surface area (TPSA) is 12.5 Å². The molecule has 0 heterocycles. The Labute approximate surface area is 134 Å². The first-order valence-electron chi connectivity index (χ1n) is 8.15. The fourth-order valence-corrected chi connectivity index (χ4v) is 3.06. The maximum absolute atomic E-state index is 6.12. The number of ether oxygens (including phenoxy) is 1. The summed E-state index contributed by atoms with van der Waals surface area (Å²) in [6.07, 6.45) is 0.944. The summed E-state index contributed by atoms with van der Waals surface area (Å²) in [7, 11) is 1.82. The van der Waals surface area contributed by atoms with Crippen LogP contribution in [0.3, 0.4) is 0 Å². The summed E-state index contributed by atoms with van der Waals surface area (Å²) >= 11 is 0. The van der Waals surface area contributed by atoms with Gasteiger partial charge in [0.2, 0.25) is 0 Å². The molecule has 2 aromatic carbocycles. The van der Waals surface area contributed by atoms with Crippen molar-refractivity contribution in [3.63, 3.8) is 0 Å². The molecule has 0 aromatic heterocycles. The second-order valence-corrected chi connectivity index (χ2v) is 5.54. The fourth-order valence-electron chi connectivity index (χ4n) is 3.06. The molecule has 2 rings (SSSR count). The van der Waals surface area contributed by atoms with Crippen LogP contribution in [-0.2, 0) is 10.3 Å². The molecule has 0 spiro atoms. The number of hydrogen-bond donors (Lipinski definition) is 0. The maximum atomic E-state index is 6.12. The van der Waals surface area contributed by atoms with Gasteiger partial charge < -0.3 is 9.64 Å². The van der Waals surface area contributed by atoms with Crippen molar-refractivity contribution in [2.24, 2.45) is 0 Å². The molecule has 0 aliphatic carbocycles. The van der Waals surface area contributed by atoms with Gasteiger partial charge in [0.05, 0.1) is 0 Å². The van der Waals surface area contributed by atoms with Crippen molar-refractivity contribution in [1.82, 2.24) is 4.90 Å². The monoisotopic (exact) mass is 297 g/mol. The van der Waals surface area contributed by atoms with Gasteiger partial charge >= 0.3 is 0 Å². The highest BCUT2D eigenvalue weighted by molar-refractivity contribution is 5.36. The van der Waals surface area contributed by atoms with Gasteiger partial charge in [0.15, 0.2) is 0 Å². The molecule has 0 unspecified atom stereocenters. The lowest BCUT2D eigenvalue weighted by Gasteiger charge is -2.35. The lowest BCUT2D eigenvalue weighted by Crippen LogP contribution is -2.36. The zero-order valence-corrected chi connectivity index (χ0v) is 14.0. The summed E-state index contributed by atoms with van der Waals surface area (Å²) in [4.78, 5) is 2.44. The van der Waals surface area contributed by atoms with Crippen LogP contribution in [0.2, 0.25) is 0 Å². The minimum absolute atomic E-state index is 0.384. The molecule has 0 aliphatic heterocycles. The van der Waals surface area contributed by atoms with Gasteiger partial charge in [0.25, 0.3) is 0 Å². The van der Waals surface area contributed by atoms with E-state index in [0.29, 0.717) is 0 Å². The van der Waals surface area contributed by atoms with Gasteiger partial charge in [-0.1, -0.05) is 74.5 Å². The van der Waals surface area contributed by atoms with Crippen LogP contribution >= 0.6 is 0 Å². The largest absolute Gasteiger partial charge is 0.369 e. The Kier molecular flexibility index (Phi) is 6.17. The third-order valence-corrected chi connectivity index (χ3v) is 4.50. The molecule has 0 saturated carbocycles. The van der Waals surface area contributed by atoms with E-state index < -0.39 is 0 Å². The minimum atomic E-state index is -0.384. The predicted octanol–water partition coefficient (Wildman–Crippen LogP) is 4.31. The van der Waals surface area contributed by atoms with E-state index in [1.54, 1.807) is 0 Å². The van der Waals surface area contributed by atoms with Crippen LogP contribution in [0.25, 0.3) is 0 Å². The van der Waals surface area contributed by atoms with E-state index in [1.165, 1.54) is 11.1 Å². The van der Waals surface area contributed by atoms with Crippen LogP contribution in [0.15, 0.2) is 60.7 Å². The average Bonchev–Trinajstić information content (AvgIpc) is 2.61. The number of rotatable bonds is 8. The standard InChI is InChI=1S/C20H27NO/c1-4-21(5-2)17-16-20(22-3,18-12-8-6-9-13-18)19-14-10-7-11-15-19/h6-15H,4-5,16-17H2,1-3H3. The molecule has 2 nitrogen and oxygen atoms in total. The van der Waals surface area contributed by atoms with Gasteiger partial charge in [-0.3, -0.25) is 0 Å². The zero-order valence-electron chi connectivity index (χ0n) is 14.0. The first-order valence-corrected chi connectivity index (χ1v) is 8.15. The van der Waals surface area contributed by atoms with Gasteiger partial charge in [-0.05, 0) is 30.6 Å². The van der Waals surface area contributed by atoms with E-state index in [1.807, 2.05) is 7.11 Å². The molecule has 0 radical (unpaired) electrons. The van der Waals surface area contributed by atoms with Gasteiger partial charge in [-0.2, -0.15) is 0 Å². The summed E-state index contributed by atoms with van der Waals surface area (Å²) < 4.78 is 6.12. The Morgan fingerprint density at radius 1 is 0.818 bits per heavy atom. The van der Waals surface area contributed by atoms with E-state index in [4.69, 9.17) is 4.74 Å². The first-order chi connectivity index (χ1) is 10.8. The highest BCUT2D eigenvalue weighted by atomic mass is 16.5. The van der Waals surface area contributed by atoms with Crippen molar-refractivity contribution in [2.75, 3.05) is 26.7 Å². The number of hydrogen-bond acceptors (Lipinski definition) is 2. The lowest BCUT2D eigenvalue weighted by molar-refractivity contribution is 0.00691. The Balaban J connectivity index is 2.39. The highest BCUT2D eigenvalue weighted by Gasteiger charge is 2.34. The molecule has 0 amide bonds. The molecule has 0 bridgehead atoms. The predicted molar refractivity (Wildman–Crippen MR) is 93.1 cm³/mol. The van der Waals surface area contributed by atoms with Crippen LogP contribution < -0.4 is 0 Å². The van der Waals surface area contributed by atoms with Crippen molar-refractivity contribution in [3.8, 4) is 0 Å².